The summed E-state index contributed by atoms with van der Waals surface area (Å²) >= 11 is 0. The van der Waals surface area contributed by atoms with Crippen LogP contribution < -0.4 is 0 Å². The first-order chi connectivity index (χ1) is 10.1. The van der Waals surface area contributed by atoms with Crippen LogP contribution in [0.4, 0.5) is 0 Å². The van der Waals surface area contributed by atoms with Gasteiger partial charge in [0.25, 0.3) is 0 Å². The van der Waals surface area contributed by atoms with Gasteiger partial charge in [0.15, 0.2) is 0 Å². The molecule has 0 amide bonds. The minimum absolute atomic E-state index is 0.0950. The predicted octanol–water partition coefficient (Wildman–Crippen LogP) is 3.67. The molecule has 2 heterocycles. The summed E-state index contributed by atoms with van der Waals surface area (Å²) in [6.45, 7) is 4.01. The van der Waals surface area contributed by atoms with Crippen LogP contribution in [0.3, 0.4) is 0 Å². The Morgan fingerprint density at radius 2 is 1.81 bits per heavy atom. The fourth-order valence-corrected chi connectivity index (χ4v) is 2.75. The fraction of sp³-hybridized carbons (Fsp3) is 0.235. The Morgan fingerprint density at radius 3 is 2.48 bits per heavy atom. The number of rotatable bonds is 3. The number of aromatic hydroxyl groups is 2. The molecule has 3 aromatic rings. The van der Waals surface area contributed by atoms with E-state index in [1.54, 1.807) is 18.3 Å². The van der Waals surface area contributed by atoms with Crippen molar-refractivity contribution in [2.24, 2.45) is 0 Å². The van der Waals surface area contributed by atoms with Crippen molar-refractivity contribution in [2.45, 2.75) is 26.7 Å². The van der Waals surface area contributed by atoms with Crippen LogP contribution in [0.1, 0.15) is 24.5 Å². The standard InChI is InChI=1S/C17H18N2O2/c1-3-4-12-9-13(20)16(14(21)10-12)15-11(2)5-7-19-8-6-18-17(15)19/h5-10,20-21H,3-4H2,1-2H3. The SMILES string of the molecule is CCCc1cc(O)c(-c2c(C)ccn3ccnc23)c(O)c1. The van der Waals surface area contributed by atoms with Gasteiger partial charge in [-0.1, -0.05) is 13.3 Å². The summed E-state index contributed by atoms with van der Waals surface area (Å²) in [6, 6.07) is 5.40. The molecule has 1 aromatic carbocycles. The smallest absolute Gasteiger partial charge is 0.145 e. The van der Waals surface area contributed by atoms with Crippen molar-refractivity contribution in [3.8, 4) is 22.6 Å². The Morgan fingerprint density at radius 1 is 1.10 bits per heavy atom. The quantitative estimate of drug-likeness (QED) is 0.770. The van der Waals surface area contributed by atoms with Crippen LogP contribution in [-0.4, -0.2) is 19.6 Å². The summed E-state index contributed by atoms with van der Waals surface area (Å²) < 4.78 is 1.88. The average molecular weight is 282 g/mol. The summed E-state index contributed by atoms with van der Waals surface area (Å²) in [6.07, 6.45) is 7.26. The van der Waals surface area contributed by atoms with Gasteiger partial charge in [0, 0.05) is 24.2 Å². The molecule has 2 N–H and O–H groups in total. The lowest BCUT2D eigenvalue weighted by atomic mass is 9.97. The fourth-order valence-electron chi connectivity index (χ4n) is 2.75. The third-order valence-electron chi connectivity index (χ3n) is 3.72. The van der Waals surface area contributed by atoms with Gasteiger partial charge >= 0.3 is 0 Å². The van der Waals surface area contributed by atoms with Crippen LogP contribution in [0, 0.1) is 6.92 Å². The van der Waals surface area contributed by atoms with E-state index in [2.05, 4.69) is 11.9 Å². The molecule has 0 unspecified atom stereocenters. The molecule has 0 spiro atoms. The van der Waals surface area contributed by atoms with Crippen molar-refractivity contribution in [3.63, 3.8) is 0 Å². The molecule has 0 bridgehead atoms. The number of nitrogens with zero attached hydrogens (tertiary/aromatic N) is 2. The number of aromatic nitrogens is 2. The molecule has 2 aromatic heterocycles. The van der Waals surface area contributed by atoms with Crippen molar-refractivity contribution in [1.29, 1.82) is 0 Å². The van der Waals surface area contributed by atoms with Gasteiger partial charge in [-0.05, 0) is 42.7 Å². The molecule has 21 heavy (non-hydrogen) atoms. The predicted molar refractivity (Wildman–Crippen MR) is 82.7 cm³/mol. The number of phenols is 2. The molecule has 3 rings (SSSR count). The van der Waals surface area contributed by atoms with Crippen LogP contribution in [0.25, 0.3) is 16.8 Å². The average Bonchev–Trinajstić information content (AvgIpc) is 2.89. The zero-order chi connectivity index (χ0) is 15.0. The van der Waals surface area contributed by atoms with E-state index in [4.69, 9.17) is 0 Å². The molecule has 108 valence electrons. The number of fused-ring (bicyclic) bond motifs is 1. The van der Waals surface area contributed by atoms with Crippen LogP contribution in [0.5, 0.6) is 11.5 Å². The second kappa shape index (κ2) is 5.13. The van der Waals surface area contributed by atoms with Crippen molar-refractivity contribution < 1.29 is 10.2 Å². The van der Waals surface area contributed by atoms with Gasteiger partial charge in [-0.15, -0.1) is 0 Å². The third kappa shape index (κ3) is 2.23. The minimum Gasteiger partial charge on any atom is -0.507 e. The van der Waals surface area contributed by atoms with Gasteiger partial charge in [-0.2, -0.15) is 0 Å². The van der Waals surface area contributed by atoms with Gasteiger partial charge in [-0.3, -0.25) is 0 Å². The maximum Gasteiger partial charge on any atom is 0.145 e. The van der Waals surface area contributed by atoms with Gasteiger partial charge in [-0.25, -0.2) is 4.98 Å². The summed E-state index contributed by atoms with van der Waals surface area (Å²) in [4.78, 5) is 4.34. The lowest BCUT2D eigenvalue weighted by molar-refractivity contribution is 0.453. The Kier molecular flexibility index (Phi) is 3.29. The Balaban J connectivity index is 2.28. The van der Waals surface area contributed by atoms with Crippen molar-refractivity contribution in [2.75, 3.05) is 0 Å². The van der Waals surface area contributed by atoms with E-state index in [1.165, 1.54) is 0 Å². The topological polar surface area (TPSA) is 57.8 Å². The molecule has 0 saturated heterocycles. The highest BCUT2D eigenvalue weighted by molar-refractivity contribution is 5.87. The number of pyridine rings is 1. The highest BCUT2D eigenvalue weighted by Crippen LogP contribution is 2.41. The van der Waals surface area contributed by atoms with Crippen LogP contribution in [0.15, 0.2) is 36.8 Å². The number of aryl methyl sites for hydroxylation is 2. The van der Waals surface area contributed by atoms with Crippen LogP contribution >= 0.6 is 0 Å². The summed E-state index contributed by atoms with van der Waals surface area (Å²) in [5.41, 5.74) is 3.83. The number of hydrogen-bond acceptors (Lipinski definition) is 3. The summed E-state index contributed by atoms with van der Waals surface area (Å²) in [7, 11) is 0. The maximum absolute atomic E-state index is 10.4. The van der Waals surface area contributed by atoms with E-state index < -0.39 is 0 Å². The number of benzene rings is 1. The van der Waals surface area contributed by atoms with Gasteiger partial charge in [0.1, 0.15) is 17.1 Å². The van der Waals surface area contributed by atoms with E-state index in [0.29, 0.717) is 5.56 Å². The lowest BCUT2D eigenvalue weighted by Crippen LogP contribution is -1.94. The van der Waals surface area contributed by atoms with Gasteiger partial charge in [0.2, 0.25) is 0 Å². The Hall–Kier alpha value is -2.49. The third-order valence-corrected chi connectivity index (χ3v) is 3.72. The van der Waals surface area contributed by atoms with E-state index in [1.807, 2.05) is 29.8 Å². The zero-order valence-corrected chi connectivity index (χ0v) is 12.2. The first-order valence-corrected chi connectivity index (χ1v) is 7.09. The number of imidazole rings is 1. The normalized spacial score (nSPS) is 11.1. The van der Waals surface area contributed by atoms with Crippen LogP contribution in [0.2, 0.25) is 0 Å². The van der Waals surface area contributed by atoms with Crippen molar-refractivity contribution >= 4 is 5.65 Å². The molecular weight excluding hydrogens is 264 g/mol. The molecule has 0 aliphatic carbocycles. The molecule has 0 atom stereocenters. The monoisotopic (exact) mass is 282 g/mol. The van der Waals surface area contributed by atoms with E-state index >= 15 is 0 Å². The molecule has 0 radical (unpaired) electrons. The number of phenolic OH excluding ortho intramolecular Hbond substituents is 2. The first kappa shape index (κ1) is 13.5. The molecule has 0 saturated carbocycles. The Labute approximate surface area is 123 Å². The van der Waals surface area contributed by atoms with Gasteiger partial charge < -0.3 is 14.6 Å². The largest absolute Gasteiger partial charge is 0.507 e. The van der Waals surface area contributed by atoms with Crippen LogP contribution in [-0.2, 0) is 6.42 Å². The molecule has 4 heteroatoms. The summed E-state index contributed by atoms with van der Waals surface area (Å²) in [5, 5.41) is 20.8. The van der Waals surface area contributed by atoms with Crippen molar-refractivity contribution in [3.05, 3.63) is 47.9 Å². The second-order valence-electron chi connectivity index (χ2n) is 5.29. The minimum atomic E-state index is 0.0950. The maximum atomic E-state index is 10.4. The molecular formula is C17H18N2O2. The lowest BCUT2D eigenvalue weighted by Gasteiger charge is -2.13. The molecule has 0 fully saturated rings. The Bertz CT molecular complexity index is 783. The van der Waals surface area contributed by atoms with Crippen molar-refractivity contribution in [1.82, 2.24) is 9.38 Å². The summed E-state index contributed by atoms with van der Waals surface area (Å²) in [5.74, 6) is 0.190. The molecule has 4 nitrogen and oxygen atoms in total. The zero-order valence-electron chi connectivity index (χ0n) is 12.2. The highest BCUT2D eigenvalue weighted by Gasteiger charge is 2.17. The van der Waals surface area contributed by atoms with E-state index in [9.17, 15) is 10.2 Å². The van der Waals surface area contributed by atoms with E-state index in [0.717, 1.165) is 35.2 Å². The first-order valence-electron chi connectivity index (χ1n) is 7.09. The number of hydrogen-bond donors (Lipinski definition) is 2. The molecule has 0 aliphatic heterocycles. The van der Waals surface area contributed by atoms with Gasteiger partial charge in [0.05, 0.1) is 5.56 Å². The van der Waals surface area contributed by atoms with E-state index in [-0.39, 0.29) is 11.5 Å². The highest BCUT2D eigenvalue weighted by atomic mass is 16.3. The second-order valence-corrected chi connectivity index (χ2v) is 5.29. The molecule has 0 aliphatic rings.